The van der Waals surface area contributed by atoms with E-state index in [1.165, 1.54) is 0 Å². The van der Waals surface area contributed by atoms with Gasteiger partial charge in [-0.2, -0.15) is 5.10 Å². The number of terminal acetylenes is 1. The third-order valence-electron chi connectivity index (χ3n) is 2.17. The molecule has 1 saturated heterocycles. The van der Waals surface area contributed by atoms with Gasteiger partial charge in [-0.15, -0.1) is 12.3 Å². The van der Waals surface area contributed by atoms with E-state index in [1.54, 1.807) is 11.0 Å². The van der Waals surface area contributed by atoms with Crippen LogP contribution < -0.4 is 4.90 Å². The summed E-state index contributed by atoms with van der Waals surface area (Å²) in [6, 6.07) is 1.61. The molecule has 1 unspecified atom stereocenters. The SMILES string of the molecule is C#CC1CC(=O)N(c2cc(Cl)[nH]n2)C1. The molecule has 2 heterocycles. The number of hydrogen-bond donors (Lipinski definition) is 1. The zero-order valence-corrected chi connectivity index (χ0v) is 8.08. The Kier molecular flexibility index (Phi) is 2.18. The van der Waals surface area contributed by atoms with E-state index in [1.807, 2.05) is 0 Å². The predicted molar refractivity (Wildman–Crippen MR) is 52.9 cm³/mol. The Morgan fingerprint density at radius 1 is 1.79 bits per heavy atom. The molecule has 1 atom stereocenters. The first-order valence-corrected chi connectivity index (χ1v) is 4.56. The van der Waals surface area contributed by atoms with Gasteiger partial charge < -0.3 is 0 Å². The zero-order valence-electron chi connectivity index (χ0n) is 7.33. The molecule has 0 radical (unpaired) electrons. The first-order chi connectivity index (χ1) is 6.70. The van der Waals surface area contributed by atoms with Crippen LogP contribution in [0.2, 0.25) is 5.15 Å². The van der Waals surface area contributed by atoms with Crippen LogP contribution in [0.15, 0.2) is 6.07 Å². The minimum atomic E-state index is -0.0158. The second-order valence-electron chi connectivity index (χ2n) is 3.15. The number of amides is 1. The van der Waals surface area contributed by atoms with Crippen molar-refractivity contribution in [1.29, 1.82) is 0 Å². The molecule has 0 aromatic carbocycles. The summed E-state index contributed by atoms with van der Waals surface area (Å²) in [5.74, 6) is 3.09. The van der Waals surface area contributed by atoms with Crippen molar-refractivity contribution >= 4 is 23.3 Å². The van der Waals surface area contributed by atoms with Crippen LogP contribution in [0.4, 0.5) is 5.82 Å². The van der Waals surface area contributed by atoms with Crippen molar-refractivity contribution in [3.63, 3.8) is 0 Å². The Balaban J connectivity index is 2.21. The summed E-state index contributed by atoms with van der Waals surface area (Å²) in [5, 5.41) is 6.88. The van der Waals surface area contributed by atoms with Crippen LogP contribution in [0.5, 0.6) is 0 Å². The Labute approximate surface area is 86.2 Å². The molecule has 1 aromatic rings. The van der Waals surface area contributed by atoms with Crippen LogP contribution >= 0.6 is 11.6 Å². The van der Waals surface area contributed by atoms with Gasteiger partial charge in [0.15, 0.2) is 5.82 Å². The van der Waals surface area contributed by atoms with Crippen molar-refractivity contribution in [2.24, 2.45) is 5.92 Å². The molecule has 0 bridgehead atoms. The minimum absolute atomic E-state index is 0.00360. The highest BCUT2D eigenvalue weighted by atomic mass is 35.5. The van der Waals surface area contributed by atoms with E-state index in [2.05, 4.69) is 16.1 Å². The van der Waals surface area contributed by atoms with Crippen LogP contribution in [0.3, 0.4) is 0 Å². The molecule has 4 nitrogen and oxygen atoms in total. The largest absolute Gasteiger partial charge is 0.294 e. The number of hydrogen-bond acceptors (Lipinski definition) is 2. The summed E-state index contributed by atoms with van der Waals surface area (Å²) in [6.45, 7) is 0.524. The van der Waals surface area contributed by atoms with Crippen LogP contribution in [0.25, 0.3) is 0 Å². The number of anilines is 1. The maximum absolute atomic E-state index is 11.5. The van der Waals surface area contributed by atoms with Gasteiger partial charge >= 0.3 is 0 Å². The summed E-state index contributed by atoms with van der Waals surface area (Å²) in [4.78, 5) is 13.0. The Morgan fingerprint density at radius 2 is 2.57 bits per heavy atom. The van der Waals surface area contributed by atoms with Crippen molar-refractivity contribution in [2.75, 3.05) is 11.4 Å². The van der Waals surface area contributed by atoms with Crippen LogP contribution in [0.1, 0.15) is 6.42 Å². The second-order valence-corrected chi connectivity index (χ2v) is 3.55. The molecule has 1 aliphatic heterocycles. The molecule has 1 N–H and O–H groups in total. The third-order valence-corrected chi connectivity index (χ3v) is 2.36. The summed E-state index contributed by atoms with van der Waals surface area (Å²) in [7, 11) is 0. The van der Waals surface area contributed by atoms with Gasteiger partial charge in [0.05, 0.1) is 0 Å². The fraction of sp³-hybridized carbons (Fsp3) is 0.333. The maximum Gasteiger partial charge on any atom is 0.229 e. The van der Waals surface area contributed by atoms with Gasteiger partial charge in [-0.05, 0) is 0 Å². The highest BCUT2D eigenvalue weighted by molar-refractivity contribution is 6.29. The van der Waals surface area contributed by atoms with E-state index < -0.39 is 0 Å². The van der Waals surface area contributed by atoms with Gasteiger partial charge in [0.1, 0.15) is 5.15 Å². The van der Waals surface area contributed by atoms with Gasteiger partial charge in [0, 0.05) is 24.9 Å². The summed E-state index contributed by atoms with van der Waals surface area (Å²) >= 11 is 5.66. The fourth-order valence-electron chi connectivity index (χ4n) is 1.47. The zero-order chi connectivity index (χ0) is 10.1. The van der Waals surface area contributed by atoms with Gasteiger partial charge in [-0.1, -0.05) is 11.6 Å². The normalized spacial score (nSPS) is 21.3. The number of carbonyl (C=O) groups is 1. The highest BCUT2D eigenvalue weighted by Gasteiger charge is 2.30. The average Bonchev–Trinajstić information content (AvgIpc) is 2.71. The number of nitrogens with zero attached hydrogens (tertiary/aromatic N) is 2. The summed E-state index contributed by atoms with van der Waals surface area (Å²) in [6.07, 6.45) is 5.65. The number of halogens is 1. The molecule has 14 heavy (non-hydrogen) atoms. The smallest absolute Gasteiger partial charge is 0.229 e. The number of H-pyrrole nitrogens is 1. The lowest BCUT2D eigenvalue weighted by molar-refractivity contribution is -0.117. The number of carbonyl (C=O) groups excluding carboxylic acids is 1. The molecule has 0 spiro atoms. The van der Waals surface area contributed by atoms with E-state index in [-0.39, 0.29) is 11.8 Å². The number of aromatic nitrogens is 2. The first-order valence-electron chi connectivity index (χ1n) is 4.18. The van der Waals surface area contributed by atoms with Gasteiger partial charge in [-0.25, -0.2) is 0 Å². The monoisotopic (exact) mass is 209 g/mol. The van der Waals surface area contributed by atoms with E-state index in [4.69, 9.17) is 18.0 Å². The molecule has 2 rings (SSSR count). The number of aromatic amines is 1. The Bertz CT molecular complexity index is 406. The van der Waals surface area contributed by atoms with E-state index in [0.29, 0.717) is 23.9 Å². The standard InChI is InChI=1S/C9H8ClN3O/c1-2-6-3-9(14)13(5-6)8-4-7(10)11-12-8/h1,4,6H,3,5H2,(H,11,12). The number of rotatable bonds is 1. The molecule has 1 fully saturated rings. The van der Waals surface area contributed by atoms with Gasteiger partial charge in [0.25, 0.3) is 0 Å². The summed E-state index contributed by atoms with van der Waals surface area (Å²) in [5.41, 5.74) is 0. The van der Waals surface area contributed by atoms with Crippen molar-refractivity contribution < 1.29 is 4.79 Å². The lowest BCUT2D eigenvalue weighted by atomic mass is 10.1. The molecule has 1 amide bonds. The molecular formula is C9H8ClN3O. The minimum Gasteiger partial charge on any atom is -0.294 e. The van der Waals surface area contributed by atoms with E-state index in [0.717, 1.165) is 0 Å². The van der Waals surface area contributed by atoms with Crippen LogP contribution in [-0.2, 0) is 4.79 Å². The van der Waals surface area contributed by atoms with Gasteiger partial charge in [0.2, 0.25) is 5.91 Å². The fourth-order valence-corrected chi connectivity index (χ4v) is 1.61. The molecule has 72 valence electrons. The van der Waals surface area contributed by atoms with Gasteiger partial charge in [-0.3, -0.25) is 14.8 Å². The molecule has 0 aliphatic carbocycles. The van der Waals surface area contributed by atoms with Crippen molar-refractivity contribution in [1.82, 2.24) is 10.2 Å². The molecule has 5 heteroatoms. The quantitative estimate of drug-likeness (QED) is 0.703. The lowest BCUT2D eigenvalue weighted by Gasteiger charge is -2.10. The van der Waals surface area contributed by atoms with Crippen molar-refractivity contribution in [3.05, 3.63) is 11.2 Å². The predicted octanol–water partition coefficient (Wildman–Crippen LogP) is 1.05. The van der Waals surface area contributed by atoms with Crippen molar-refractivity contribution in [3.8, 4) is 12.3 Å². The topological polar surface area (TPSA) is 49.0 Å². The van der Waals surface area contributed by atoms with E-state index in [9.17, 15) is 4.79 Å². The highest BCUT2D eigenvalue weighted by Crippen LogP contribution is 2.24. The Hall–Kier alpha value is -1.47. The summed E-state index contributed by atoms with van der Waals surface area (Å²) < 4.78 is 0. The van der Waals surface area contributed by atoms with Crippen LogP contribution in [0, 0.1) is 18.3 Å². The van der Waals surface area contributed by atoms with E-state index >= 15 is 0 Å². The molecule has 0 saturated carbocycles. The maximum atomic E-state index is 11.5. The van der Waals surface area contributed by atoms with Crippen LogP contribution in [-0.4, -0.2) is 22.6 Å². The Morgan fingerprint density at radius 3 is 3.07 bits per heavy atom. The third kappa shape index (κ3) is 1.47. The van der Waals surface area contributed by atoms with Crippen molar-refractivity contribution in [2.45, 2.75) is 6.42 Å². The second kappa shape index (κ2) is 3.35. The number of nitrogens with one attached hydrogen (secondary N) is 1. The molecule has 1 aromatic heterocycles. The lowest BCUT2D eigenvalue weighted by Crippen LogP contribution is -2.24. The average molecular weight is 210 g/mol. The molecular weight excluding hydrogens is 202 g/mol. The molecule has 1 aliphatic rings. The first kappa shape index (κ1) is 9.10.